The number of anilines is 1. The van der Waals surface area contributed by atoms with E-state index < -0.39 is 0 Å². The molecule has 6 heteroatoms. The second-order valence-electron chi connectivity index (χ2n) is 3.68. The topological polar surface area (TPSA) is 51.2 Å². The maximum Gasteiger partial charge on any atom is 0.223 e. The highest BCUT2D eigenvalue weighted by Crippen LogP contribution is 2.28. The predicted molar refractivity (Wildman–Crippen MR) is 79.1 cm³/mol. The molecular formula is C13H14N2O2S2. The highest BCUT2D eigenvalue weighted by molar-refractivity contribution is 8.01. The molecule has 0 spiro atoms. The fourth-order valence-corrected chi connectivity index (χ4v) is 3.17. The van der Waals surface area contributed by atoms with Crippen molar-refractivity contribution in [3.63, 3.8) is 0 Å². The van der Waals surface area contributed by atoms with Crippen LogP contribution >= 0.6 is 23.1 Å². The number of para-hydroxylation sites is 1. The minimum atomic E-state index is -0.0988. The highest BCUT2D eigenvalue weighted by atomic mass is 32.2. The second kappa shape index (κ2) is 7.16. The van der Waals surface area contributed by atoms with Crippen LogP contribution in [0.4, 0.5) is 5.13 Å². The Morgan fingerprint density at radius 1 is 1.42 bits per heavy atom. The van der Waals surface area contributed by atoms with Crippen LogP contribution in [0, 0.1) is 0 Å². The van der Waals surface area contributed by atoms with Crippen molar-refractivity contribution in [1.29, 1.82) is 0 Å². The van der Waals surface area contributed by atoms with Crippen molar-refractivity contribution in [2.45, 2.75) is 11.1 Å². The normalized spacial score (nSPS) is 10.2. The van der Waals surface area contributed by atoms with Gasteiger partial charge in [0, 0.05) is 12.7 Å². The quantitative estimate of drug-likeness (QED) is 0.656. The van der Waals surface area contributed by atoms with E-state index in [9.17, 15) is 4.79 Å². The Hall–Kier alpha value is -1.53. The zero-order valence-corrected chi connectivity index (χ0v) is 12.1. The number of ether oxygens (including phenoxy) is 1. The van der Waals surface area contributed by atoms with Gasteiger partial charge in [-0.05, 0) is 12.1 Å². The third-order valence-corrected chi connectivity index (χ3v) is 4.18. The maximum atomic E-state index is 10.9. The van der Waals surface area contributed by atoms with Crippen molar-refractivity contribution in [2.24, 2.45) is 0 Å². The lowest BCUT2D eigenvalue weighted by molar-refractivity contribution is -0.114. The van der Waals surface area contributed by atoms with Crippen LogP contribution in [0.15, 0.2) is 40.7 Å². The number of amides is 1. The molecule has 0 bridgehead atoms. The van der Waals surface area contributed by atoms with E-state index in [-0.39, 0.29) is 5.91 Å². The van der Waals surface area contributed by atoms with E-state index in [1.54, 1.807) is 18.0 Å². The van der Waals surface area contributed by atoms with Crippen LogP contribution in [-0.4, -0.2) is 23.3 Å². The lowest BCUT2D eigenvalue weighted by Crippen LogP contribution is -2.04. The number of nitrogens with one attached hydrogen (secondary N) is 1. The first kappa shape index (κ1) is 13.9. The lowest BCUT2D eigenvalue weighted by Gasteiger charge is -2.04. The number of benzene rings is 1. The van der Waals surface area contributed by atoms with Gasteiger partial charge in [0.05, 0.1) is 17.0 Å². The van der Waals surface area contributed by atoms with E-state index in [4.69, 9.17) is 4.74 Å². The van der Waals surface area contributed by atoms with Gasteiger partial charge in [0.15, 0.2) is 5.13 Å². The summed E-state index contributed by atoms with van der Waals surface area (Å²) in [7, 11) is 0. The van der Waals surface area contributed by atoms with Crippen molar-refractivity contribution in [2.75, 3.05) is 17.7 Å². The molecule has 0 fully saturated rings. The first-order valence-corrected chi connectivity index (χ1v) is 7.58. The molecule has 1 aromatic carbocycles. The van der Waals surface area contributed by atoms with E-state index in [1.807, 2.05) is 30.3 Å². The molecule has 0 saturated heterocycles. The number of nitrogens with zero attached hydrogens (tertiary/aromatic N) is 1. The summed E-state index contributed by atoms with van der Waals surface area (Å²) in [5.41, 5.74) is 0. The van der Waals surface area contributed by atoms with Gasteiger partial charge in [-0.15, -0.1) is 11.8 Å². The van der Waals surface area contributed by atoms with E-state index in [0.717, 1.165) is 15.7 Å². The molecule has 0 radical (unpaired) electrons. The number of carbonyl (C=O) groups excluding carboxylic acids is 1. The summed E-state index contributed by atoms with van der Waals surface area (Å²) in [5.74, 6) is 1.63. The summed E-state index contributed by atoms with van der Waals surface area (Å²) >= 11 is 3.14. The number of aromatic nitrogens is 1. The van der Waals surface area contributed by atoms with Crippen LogP contribution in [0.1, 0.15) is 6.92 Å². The Morgan fingerprint density at radius 3 is 2.95 bits per heavy atom. The molecule has 19 heavy (non-hydrogen) atoms. The predicted octanol–water partition coefficient (Wildman–Crippen LogP) is 3.27. The molecule has 0 aliphatic carbocycles. The van der Waals surface area contributed by atoms with Crippen LogP contribution in [0.3, 0.4) is 0 Å². The van der Waals surface area contributed by atoms with Gasteiger partial charge in [0.2, 0.25) is 5.91 Å². The molecular weight excluding hydrogens is 280 g/mol. The molecule has 0 aliphatic rings. The van der Waals surface area contributed by atoms with Gasteiger partial charge in [0.1, 0.15) is 5.75 Å². The first-order chi connectivity index (χ1) is 9.24. The third-order valence-electron chi connectivity index (χ3n) is 2.11. The second-order valence-corrected chi connectivity index (χ2v) is 6.10. The smallest absolute Gasteiger partial charge is 0.223 e. The molecule has 2 rings (SSSR count). The molecule has 100 valence electrons. The molecule has 1 heterocycles. The highest BCUT2D eigenvalue weighted by Gasteiger charge is 2.03. The molecule has 0 atom stereocenters. The summed E-state index contributed by atoms with van der Waals surface area (Å²) in [6.45, 7) is 2.12. The number of thiazole rings is 1. The molecule has 0 unspecified atom stereocenters. The molecule has 1 aromatic heterocycles. The number of carbonyl (C=O) groups is 1. The fourth-order valence-electron chi connectivity index (χ4n) is 1.35. The monoisotopic (exact) mass is 294 g/mol. The average Bonchev–Trinajstić information content (AvgIpc) is 2.83. The van der Waals surface area contributed by atoms with Crippen molar-refractivity contribution in [1.82, 2.24) is 4.98 Å². The summed E-state index contributed by atoms with van der Waals surface area (Å²) in [4.78, 5) is 15.0. The minimum Gasteiger partial charge on any atom is -0.493 e. The van der Waals surface area contributed by atoms with Gasteiger partial charge in [-0.1, -0.05) is 29.5 Å². The Bertz CT molecular complexity index is 528. The number of hydrogen-bond acceptors (Lipinski definition) is 5. The zero-order chi connectivity index (χ0) is 13.5. The zero-order valence-electron chi connectivity index (χ0n) is 10.5. The Labute approximate surface area is 120 Å². The van der Waals surface area contributed by atoms with Crippen molar-refractivity contribution >= 4 is 34.1 Å². The number of rotatable bonds is 6. The largest absolute Gasteiger partial charge is 0.493 e. The molecule has 0 aliphatic heterocycles. The average molecular weight is 294 g/mol. The Morgan fingerprint density at radius 2 is 2.21 bits per heavy atom. The van der Waals surface area contributed by atoms with E-state index in [1.165, 1.54) is 18.3 Å². The third kappa shape index (κ3) is 4.92. The van der Waals surface area contributed by atoms with Gasteiger partial charge < -0.3 is 10.1 Å². The van der Waals surface area contributed by atoms with Gasteiger partial charge in [-0.2, -0.15) is 0 Å². The van der Waals surface area contributed by atoms with Gasteiger partial charge in [-0.25, -0.2) is 4.98 Å². The van der Waals surface area contributed by atoms with E-state index >= 15 is 0 Å². The lowest BCUT2D eigenvalue weighted by atomic mass is 10.3. The van der Waals surface area contributed by atoms with Crippen LogP contribution in [0.25, 0.3) is 0 Å². The number of thioether (sulfide) groups is 1. The van der Waals surface area contributed by atoms with Crippen molar-refractivity contribution in [3.8, 4) is 5.75 Å². The van der Waals surface area contributed by atoms with Crippen LogP contribution < -0.4 is 10.1 Å². The standard InChI is InChI=1S/C13H14N2O2S2/c1-10(16)15-13-14-9-12(19-13)18-8-7-17-11-5-3-2-4-6-11/h2-6,9H,7-8H2,1H3,(H,14,15,16). The van der Waals surface area contributed by atoms with Gasteiger partial charge in [0.25, 0.3) is 0 Å². The molecule has 4 nitrogen and oxygen atoms in total. The van der Waals surface area contributed by atoms with Crippen LogP contribution in [0.5, 0.6) is 5.75 Å². The van der Waals surface area contributed by atoms with Crippen LogP contribution in [-0.2, 0) is 4.79 Å². The Kier molecular flexibility index (Phi) is 5.23. The molecule has 0 saturated carbocycles. The summed E-state index contributed by atoms with van der Waals surface area (Å²) < 4.78 is 6.66. The summed E-state index contributed by atoms with van der Waals surface area (Å²) in [6.07, 6.45) is 1.77. The Balaban J connectivity index is 1.71. The van der Waals surface area contributed by atoms with Gasteiger partial charge >= 0.3 is 0 Å². The fraction of sp³-hybridized carbons (Fsp3) is 0.231. The summed E-state index contributed by atoms with van der Waals surface area (Å²) in [5, 5.41) is 3.30. The van der Waals surface area contributed by atoms with E-state index in [2.05, 4.69) is 10.3 Å². The van der Waals surface area contributed by atoms with Crippen LogP contribution in [0.2, 0.25) is 0 Å². The molecule has 1 amide bonds. The minimum absolute atomic E-state index is 0.0988. The SMILES string of the molecule is CC(=O)Nc1ncc(SCCOc2ccccc2)s1. The van der Waals surface area contributed by atoms with Crippen molar-refractivity contribution < 1.29 is 9.53 Å². The summed E-state index contributed by atoms with van der Waals surface area (Å²) in [6, 6.07) is 9.73. The van der Waals surface area contributed by atoms with Gasteiger partial charge in [-0.3, -0.25) is 4.79 Å². The molecule has 1 N–H and O–H groups in total. The maximum absolute atomic E-state index is 10.9. The number of hydrogen-bond donors (Lipinski definition) is 1. The van der Waals surface area contributed by atoms with E-state index in [0.29, 0.717) is 11.7 Å². The molecule has 2 aromatic rings. The van der Waals surface area contributed by atoms with Crippen molar-refractivity contribution in [3.05, 3.63) is 36.5 Å². The first-order valence-electron chi connectivity index (χ1n) is 5.78.